The summed E-state index contributed by atoms with van der Waals surface area (Å²) in [5.41, 5.74) is 2.25. The highest BCUT2D eigenvalue weighted by Gasteiger charge is 2.17. The number of halogens is 1. The van der Waals surface area contributed by atoms with E-state index in [0.717, 1.165) is 11.3 Å². The molecule has 0 saturated heterocycles. The second-order valence-electron chi connectivity index (χ2n) is 3.44. The Bertz CT molecular complexity index is 420. The molecule has 0 saturated carbocycles. The topological polar surface area (TPSA) is 56.3 Å². The molecule has 0 N–H and O–H groups in total. The van der Waals surface area contributed by atoms with Gasteiger partial charge in [0, 0.05) is 5.69 Å². The summed E-state index contributed by atoms with van der Waals surface area (Å²) in [5.74, 6) is -1.11. The number of alkyl halides is 1. The standard InChI is InChI=1S/C11H12BrNO3/c1-6-4-7(2)13-8(3)10(6)16-11(15)9(14)5-12/h4H,5H2,1-3H3. The maximum absolute atomic E-state index is 11.3. The monoisotopic (exact) mass is 285 g/mol. The minimum absolute atomic E-state index is 0.0385. The number of carbonyl (C=O) groups is 2. The van der Waals surface area contributed by atoms with E-state index in [0.29, 0.717) is 11.4 Å². The smallest absolute Gasteiger partial charge is 0.380 e. The molecule has 5 heteroatoms. The van der Waals surface area contributed by atoms with Crippen molar-refractivity contribution in [3.05, 3.63) is 23.0 Å². The molecule has 4 nitrogen and oxygen atoms in total. The van der Waals surface area contributed by atoms with Crippen LogP contribution in [0.3, 0.4) is 0 Å². The summed E-state index contributed by atoms with van der Waals surface area (Å²) in [6.45, 7) is 5.40. The molecule has 1 heterocycles. The van der Waals surface area contributed by atoms with E-state index in [4.69, 9.17) is 4.74 Å². The van der Waals surface area contributed by atoms with E-state index in [2.05, 4.69) is 20.9 Å². The van der Waals surface area contributed by atoms with Crippen LogP contribution in [0.4, 0.5) is 0 Å². The minimum atomic E-state index is -0.867. The van der Waals surface area contributed by atoms with E-state index in [1.165, 1.54) is 0 Å². The van der Waals surface area contributed by atoms with Gasteiger partial charge in [0.2, 0.25) is 0 Å². The lowest BCUT2D eigenvalue weighted by molar-refractivity contribution is -0.145. The van der Waals surface area contributed by atoms with Gasteiger partial charge in [-0.2, -0.15) is 0 Å². The molecule has 1 aromatic heterocycles. The summed E-state index contributed by atoms with van der Waals surface area (Å²) in [6, 6.07) is 1.80. The Balaban J connectivity index is 2.98. The summed E-state index contributed by atoms with van der Waals surface area (Å²) in [5, 5.41) is -0.0385. The van der Waals surface area contributed by atoms with Crippen molar-refractivity contribution in [2.24, 2.45) is 0 Å². The average molecular weight is 286 g/mol. The summed E-state index contributed by atoms with van der Waals surface area (Å²) in [6.07, 6.45) is 0. The lowest BCUT2D eigenvalue weighted by atomic mass is 10.2. The van der Waals surface area contributed by atoms with Gasteiger partial charge in [0.05, 0.1) is 11.0 Å². The highest BCUT2D eigenvalue weighted by atomic mass is 79.9. The summed E-state index contributed by atoms with van der Waals surface area (Å²) < 4.78 is 5.00. The van der Waals surface area contributed by atoms with Crippen LogP contribution in [0.1, 0.15) is 17.0 Å². The first-order valence-electron chi connectivity index (χ1n) is 4.71. The van der Waals surface area contributed by atoms with Crippen LogP contribution in [0.5, 0.6) is 5.75 Å². The molecule has 0 fully saturated rings. The molecule has 0 atom stereocenters. The summed E-state index contributed by atoms with van der Waals surface area (Å²) >= 11 is 2.91. The Morgan fingerprint density at radius 2 is 2.00 bits per heavy atom. The van der Waals surface area contributed by atoms with E-state index >= 15 is 0 Å². The first-order valence-corrected chi connectivity index (χ1v) is 5.83. The molecule has 1 aromatic rings. The Morgan fingerprint density at radius 1 is 1.38 bits per heavy atom. The second kappa shape index (κ2) is 5.21. The Kier molecular flexibility index (Phi) is 4.18. The van der Waals surface area contributed by atoms with Crippen molar-refractivity contribution in [3.63, 3.8) is 0 Å². The fourth-order valence-corrected chi connectivity index (χ4v) is 1.60. The van der Waals surface area contributed by atoms with Crippen molar-refractivity contribution < 1.29 is 14.3 Å². The fourth-order valence-electron chi connectivity index (χ4n) is 1.37. The first kappa shape index (κ1) is 12.8. The number of aryl methyl sites for hydroxylation is 3. The van der Waals surface area contributed by atoms with Crippen molar-refractivity contribution in [1.29, 1.82) is 0 Å². The number of hydrogen-bond donors (Lipinski definition) is 0. The molecule has 0 bridgehead atoms. The van der Waals surface area contributed by atoms with E-state index in [1.54, 1.807) is 13.0 Å². The molecule has 0 radical (unpaired) electrons. The fraction of sp³-hybridized carbons (Fsp3) is 0.364. The highest BCUT2D eigenvalue weighted by molar-refractivity contribution is 9.09. The second-order valence-corrected chi connectivity index (χ2v) is 4.00. The first-order chi connectivity index (χ1) is 7.45. The molecule has 0 spiro atoms. The zero-order valence-corrected chi connectivity index (χ0v) is 10.9. The van der Waals surface area contributed by atoms with Gasteiger partial charge in [-0.25, -0.2) is 4.79 Å². The Morgan fingerprint density at radius 3 is 2.50 bits per heavy atom. The molecule has 16 heavy (non-hydrogen) atoms. The molecule has 0 aliphatic heterocycles. The van der Waals surface area contributed by atoms with Crippen LogP contribution in [0.15, 0.2) is 6.07 Å². The van der Waals surface area contributed by atoms with Crippen LogP contribution in [0.25, 0.3) is 0 Å². The molecule has 86 valence electrons. The van der Waals surface area contributed by atoms with Gasteiger partial charge < -0.3 is 4.74 Å². The maximum atomic E-state index is 11.3. The van der Waals surface area contributed by atoms with Gasteiger partial charge in [-0.15, -0.1) is 0 Å². The number of aromatic nitrogens is 1. The average Bonchev–Trinajstić information content (AvgIpc) is 2.21. The zero-order chi connectivity index (χ0) is 12.3. The largest absolute Gasteiger partial charge is 0.419 e. The van der Waals surface area contributed by atoms with Crippen molar-refractivity contribution in [3.8, 4) is 5.75 Å². The van der Waals surface area contributed by atoms with Gasteiger partial charge >= 0.3 is 5.97 Å². The van der Waals surface area contributed by atoms with E-state index in [-0.39, 0.29) is 5.33 Å². The van der Waals surface area contributed by atoms with Gasteiger partial charge in [0.1, 0.15) is 0 Å². The van der Waals surface area contributed by atoms with Crippen LogP contribution in [-0.4, -0.2) is 22.1 Å². The molecule has 1 rings (SSSR count). The summed E-state index contributed by atoms with van der Waals surface area (Å²) in [7, 11) is 0. The van der Waals surface area contributed by atoms with Crippen LogP contribution in [0.2, 0.25) is 0 Å². The Labute approximate surface area is 102 Å². The van der Waals surface area contributed by atoms with E-state index in [9.17, 15) is 9.59 Å². The van der Waals surface area contributed by atoms with Crippen molar-refractivity contribution >= 4 is 27.7 Å². The molecule has 0 aromatic carbocycles. The van der Waals surface area contributed by atoms with E-state index < -0.39 is 11.8 Å². The van der Waals surface area contributed by atoms with Gasteiger partial charge in [0.15, 0.2) is 5.75 Å². The van der Waals surface area contributed by atoms with Crippen LogP contribution < -0.4 is 4.74 Å². The van der Waals surface area contributed by atoms with Gasteiger partial charge in [-0.3, -0.25) is 9.78 Å². The van der Waals surface area contributed by atoms with Crippen molar-refractivity contribution in [2.75, 3.05) is 5.33 Å². The number of rotatable bonds is 3. The number of esters is 1. The van der Waals surface area contributed by atoms with Gasteiger partial charge in [-0.1, -0.05) is 15.9 Å². The number of ether oxygens (including phenoxy) is 1. The van der Waals surface area contributed by atoms with Crippen LogP contribution >= 0.6 is 15.9 Å². The van der Waals surface area contributed by atoms with Crippen LogP contribution in [0, 0.1) is 20.8 Å². The normalized spacial score (nSPS) is 10.0. The van der Waals surface area contributed by atoms with Gasteiger partial charge in [-0.05, 0) is 32.4 Å². The third-order valence-corrected chi connectivity index (χ3v) is 2.51. The van der Waals surface area contributed by atoms with Crippen LogP contribution in [-0.2, 0) is 9.59 Å². The SMILES string of the molecule is Cc1cc(C)c(OC(=O)C(=O)CBr)c(C)n1. The molecule has 0 unspecified atom stereocenters. The third kappa shape index (κ3) is 2.88. The molecular formula is C11H12BrNO3. The number of carbonyl (C=O) groups excluding carboxylic acids is 2. The number of pyridine rings is 1. The molecular weight excluding hydrogens is 274 g/mol. The lowest BCUT2D eigenvalue weighted by Gasteiger charge is -2.09. The molecule has 0 aliphatic carbocycles. The number of hydrogen-bond acceptors (Lipinski definition) is 4. The molecule has 0 amide bonds. The Hall–Kier alpha value is -1.23. The lowest BCUT2D eigenvalue weighted by Crippen LogP contribution is -2.22. The summed E-state index contributed by atoms with van der Waals surface area (Å²) in [4.78, 5) is 26.5. The van der Waals surface area contributed by atoms with Crippen molar-refractivity contribution in [2.45, 2.75) is 20.8 Å². The number of ketones is 1. The van der Waals surface area contributed by atoms with E-state index in [1.807, 2.05) is 13.8 Å². The quantitative estimate of drug-likeness (QED) is 0.483. The number of Topliss-reactive ketones (excluding diaryl/α,β-unsaturated/α-hetero) is 1. The predicted octanol–water partition coefficient (Wildman–Crippen LogP) is 1.88. The number of nitrogens with zero attached hydrogens (tertiary/aromatic N) is 1. The third-order valence-electron chi connectivity index (χ3n) is 2.00. The maximum Gasteiger partial charge on any atom is 0.380 e. The predicted molar refractivity (Wildman–Crippen MR) is 62.9 cm³/mol. The molecule has 0 aliphatic rings. The zero-order valence-electron chi connectivity index (χ0n) is 9.33. The van der Waals surface area contributed by atoms with Crippen molar-refractivity contribution in [1.82, 2.24) is 4.98 Å². The highest BCUT2D eigenvalue weighted by Crippen LogP contribution is 2.22. The van der Waals surface area contributed by atoms with Gasteiger partial charge in [0.25, 0.3) is 5.78 Å². The minimum Gasteiger partial charge on any atom is -0.419 e.